The first-order valence-electron chi connectivity index (χ1n) is 4.60. The molecule has 0 atom stereocenters. The highest BCUT2D eigenvalue weighted by atomic mass is 32.2. The summed E-state index contributed by atoms with van der Waals surface area (Å²) in [5.41, 5.74) is 2.27. The molecule has 0 spiro atoms. The van der Waals surface area contributed by atoms with Gasteiger partial charge in [-0.05, 0) is 17.5 Å². The molecule has 1 aliphatic rings. The van der Waals surface area contributed by atoms with E-state index in [9.17, 15) is 8.42 Å². The number of hydrogen-bond donors (Lipinski definition) is 0. The largest absolute Gasteiger partial charge is 0.214 e. The van der Waals surface area contributed by atoms with Crippen LogP contribution >= 0.6 is 0 Å². The SMILES string of the molecule is CN1Cc2ccccc2CCS1(=O)=O. The van der Waals surface area contributed by atoms with Gasteiger partial charge in [0.25, 0.3) is 0 Å². The second-order valence-corrected chi connectivity index (χ2v) is 5.79. The highest BCUT2D eigenvalue weighted by Gasteiger charge is 2.22. The van der Waals surface area contributed by atoms with Crippen molar-refractivity contribution >= 4 is 10.0 Å². The van der Waals surface area contributed by atoms with E-state index < -0.39 is 10.0 Å². The minimum atomic E-state index is -3.03. The van der Waals surface area contributed by atoms with Crippen molar-refractivity contribution in [1.29, 1.82) is 0 Å². The Kier molecular flexibility index (Phi) is 2.33. The number of rotatable bonds is 0. The summed E-state index contributed by atoms with van der Waals surface area (Å²) < 4.78 is 24.6. The van der Waals surface area contributed by atoms with Gasteiger partial charge in [-0.1, -0.05) is 24.3 Å². The minimum absolute atomic E-state index is 0.223. The molecule has 0 unspecified atom stereocenters. The van der Waals surface area contributed by atoms with Gasteiger partial charge < -0.3 is 0 Å². The Morgan fingerprint density at radius 3 is 2.57 bits per heavy atom. The minimum Gasteiger partial charge on any atom is -0.212 e. The van der Waals surface area contributed by atoms with Crippen LogP contribution in [-0.2, 0) is 23.0 Å². The third-order valence-electron chi connectivity index (χ3n) is 2.62. The molecule has 2 rings (SSSR count). The maximum Gasteiger partial charge on any atom is 0.214 e. The third kappa shape index (κ3) is 1.67. The molecule has 0 bridgehead atoms. The molecule has 0 amide bonds. The van der Waals surface area contributed by atoms with Crippen molar-refractivity contribution in [2.45, 2.75) is 13.0 Å². The molecule has 4 heteroatoms. The van der Waals surface area contributed by atoms with Gasteiger partial charge in [-0.15, -0.1) is 0 Å². The molecule has 0 aliphatic carbocycles. The van der Waals surface area contributed by atoms with E-state index in [1.54, 1.807) is 7.05 Å². The number of fused-ring (bicyclic) bond motifs is 1. The van der Waals surface area contributed by atoms with Gasteiger partial charge in [0, 0.05) is 13.6 Å². The zero-order chi connectivity index (χ0) is 10.2. The molecule has 0 fully saturated rings. The second-order valence-electron chi connectivity index (χ2n) is 3.59. The summed E-state index contributed by atoms with van der Waals surface area (Å²) in [6.45, 7) is 0.499. The number of sulfonamides is 1. The van der Waals surface area contributed by atoms with E-state index in [1.165, 1.54) is 4.31 Å². The number of hydrogen-bond acceptors (Lipinski definition) is 2. The van der Waals surface area contributed by atoms with Crippen LogP contribution < -0.4 is 0 Å². The lowest BCUT2D eigenvalue weighted by atomic mass is 10.1. The fourth-order valence-electron chi connectivity index (χ4n) is 1.69. The fourth-order valence-corrected chi connectivity index (χ4v) is 2.81. The fraction of sp³-hybridized carbons (Fsp3) is 0.400. The molecule has 1 aromatic carbocycles. The normalized spacial score (nSPS) is 21.2. The third-order valence-corrected chi connectivity index (χ3v) is 4.41. The quantitative estimate of drug-likeness (QED) is 0.642. The van der Waals surface area contributed by atoms with Crippen molar-refractivity contribution < 1.29 is 8.42 Å². The molecule has 76 valence electrons. The Morgan fingerprint density at radius 1 is 1.21 bits per heavy atom. The topological polar surface area (TPSA) is 37.4 Å². The van der Waals surface area contributed by atoms with E-state index in [0.717, 1.165) is 11.1 Å². The zero-order valence-electron chi connectivity index (χ0n) is 8.10. The Hall–Kier alpha value is -0.870. The van der Waals surface area contributed by atoms with Crippen molar-refractivity contribution in [3.05, 3.63) is 35.4 Å². The molecular formula is C10H13NO2S. The lowest BCUT2D eigenvalue weighted by Gasteiger charge is -2.13. The van der Waals surface area contributed by atoms with E-state index >= 15 is 0 Å². The molecule has 0 saturated heterocycles. The van der Waals surface area contributed by atoms with Gasteiger partial charge in [0.2, 0.25) is 10.0 Å². The Balaban J connectivity index is 2.42. The molecule has 14 heavy (non-hydrogen) atoms. The van der Waals surface area contributed by atoms with Crippen LogP contribution in [0.5, 0.6) is 0 Å². The summed E-state index contributed by atoms with van der Waals surface area (Å²) in [5.74, 6) is 0.223. The molecule has 3 nitrogen and oxygen atoms in total. The van der Waals surface area contributed by atoms with E-state index in [0.29, 0.717) is 13.0 Å². The van der Waals surface area contributed by atoms with Crippen LogP contribution in [0.2, 0.25) is 0 Å². The maximum absolute atomic E-state index is 11.6. The van der Waals surface area contributed by atoms with Gasteiger partial charge in [0.05, 0.1) is 5.75 Å². The highest BCUT2D eigenvalue weighted by Crippen LogP contribution is 2.18. The molecular weight excluding hydrogens is 198 g/mol. The zero-order valence-corrected chi connectivity index (χ0v) is 8.92. The number of aryl methyl sites for hydroxylation is 1. The summed E-state index contributed by atoms with van der Waals surface area (Å²) in [4.78, 5) is 0. The number of nitrogens with zero attached hydrogens (tertiary/aromatic N) is 1. The summed E-state index contributed by atoms with van der Waals surface area (Å²) in [5, 5.41) is 0. The van der Waals surface area contributed by atoms with Crippen molar-refractivity contribution in [1.82, 2.24) is 4.31 Å². The van der Waals surface area contributed by atoms with Crippen LogP contribution in [-0.4, -0.2) is 25.5 Å². The lowest BCUT2D eigenvalue weighted by Crippen LogP contribution is -2.27. The lowest BCUT2D eigenvalue weighted by molar-refractivity contribution is 0.471. The van der Waals surface area contributed by atoms with E-state index in [4.69, 9.17) is 0 Å². The molecule has 1 aliphatic heterocycles. The van der Waals surface area contributed by atoms with Gasteiger partial charge >= 0.3 is 0 Å². The van der Waals surface area contributed by atoms with E-state index in [1.807, 2.05) is 24.3 Å². The first-order valence-corrected chi connectivity index (χ1v) is 6.21. The van der Waals surface area contributed by atoms with Crippen molar-refractivity contribution in [2.24, 2.45) is 0 Å². The van der Waals surface area contributed by atoms with Gasteiger partial charge in [0.15, 0.2) is 0 Å². The average molecular weight is 211 g/mol. The first kappa shape index (κ1) is 9.68. The van der Waals surface area contributed by atoms with Crippen LogP contribution in [0.3, 0.4) is 0 Å². The van der Waals surface area contributed by atoms with Crippen LogP contribution in [0, 0.1) is 0 Å². The Labute approximate surface area is 84.4 Å². The predicted octanol–water partition coefficient (Wildman–Crippen LogP) is 1.00. The van der Waals surface area contributed by atoms with Crippen molar-refractivity contribution in [3.8, 4) is 0 Å². The predicted molar refractivity (Wildman–Crippen MR) is 55.4 cm³/mol. The second kappa shape index (κ2) is 3.37. The highest BCUT2D eigenvalue weighted by molar-refractivity contribution is 7.89. The maximum atomic E-state index is 11.6. The summed E-state index contributed by atoms with van der Waals surface area (Å²) in [7, 11) is -1.40. The molecule has 0 aromatic heterocycles. The van der Waals surface area contributed by atoms with Gasteiger partial charge in [0.1, 0.15) is 0 Å². The molecule has 0 N–H and O–H groups in total. The Morgan fingerprint density at radius 2 is 1.86 bits per heavy atom. The smallest absolute Gasteiger partial charge is 0.212 e. The summed E-state index contributed by atoms with van der Waals surface area (Å²) in [6, 6.07) is 7.90. The van der Waals surface area contributed by atoms with E-state index in [2.05, 4.69) is 0 Å². The van der Waals surface area contributed by atoms with Crippen LogP contribution in [0.15, 0.2) is 24.3 Å². The molecule has 0 radical (unpaired) electrons. The molecule has 1 aromatic rings. The van der Waals surface area contributed by atoms with Gasteiger partial charge in [-0.25, -0.2) is 12.7 Å². The van der Waals surface area contributed by atoms with Crippen molar-refractivity contribution in [2.75, 3.05) is 12.8 Å². The summed E-state index contributed by atoms with van der Waals surface area (Å²) in [6.07, 6.45) is 0.628. The van der Waals surface area contributed by atoms with E-state index in [-0.39, 0.29) is 5.75 Å². The van der Waals surface area contributed by atoms with Crippen LogP contribution in [0.4, 0.5) is 0 Å². The van der Waals surface area contributed by atoms with Crippen LogP contribution in [0.25, 0.3) is 0 Å². The van der Waals surface area contributed by atoms with Crippen molar-refractivity contribution in [3.63, 3.8) is 0 Å². The average Bonchev–Trinajstić information content (AvgIpc) is 2.26. The van der Waals surface area contributed by atoms with Gasteiger partial charge in [-0.3, -0.25) is 0 Å². The van der Waals surface area contributed by atoms with Crippen LogP contribution in [0.1, 0.15) is 11.1 Å². The molecule has 1 heterocycles. The monoisotopic (exact) mass is 211 g/mol. The standard InChI is InChI=1S/C10H13NO2S/c1-11-8-10-5-3-2-4-9(10)6-7-14(11,12)13/h2-5H,6-8H2,1H3. The summed E-state index contributed by atoms with van der Waals surface area (Å²) >= 11 is 0. The first-order chi connectivity index (χ1) is 6.59. The van der Waals surface area contributed by atoms with Gasteiger partial charge in [-0.2, -0.15) is 0 Å². The molecule has 0 saturated carbocycles. The number of benzene rings is 1. The Bertz CT molecular complexity index is 439.